The Kier molecular flexibility index (Phi) is 7.01. The molecule has 0 radical (unpaired) electrons. The average molecular weight is 458 g/mol. The van der Waals surface area contributed by atoms with Gasteiger partial charge in [0.2, 0.25) is 10.0 Å². The van der Waals surface area contributed by atoms with E-state index in [1.54, 1.807) is 34.5 Å². The zero-order valence-corrected chi connectivity index (χ0v) is 19.4. The Balaban J connectivity index is 1.45. The zero-order valence-electron chi connectivity index (χ0n) is 18.6. The van der Waals surface area contributed by atoms with Gasteiger partial charge in [-0.1, -0.05) is 31.0 Å². The van der Waals surface area contributed by atoms with E-state index < -0.39 is 10.0 Å². The van der Waals surface area contributed by atoms with Gasteiger partial charge in [-0.3, -0.25) is 4.79 Å². The lowest BCUT2D eigenvalue weighted by Gasteiger charge is -2.36. The van der Waals surface area contributed by atoms with Gasteiger partial charge in [0.15, 0.2) is 0 Å². The number of hydrogen-bond donors (Lipinski definition) is 0. The van der Waals surface area contributed by atoms with Crippen molar-refractivity contribution in [2.75, 3.05) is 51.3 Å². The number of anilines is 1. The van der Waals surface area contributed by atoms with E-state index >= 15 is 0 Å². The SMILES string of the molecule is COc1ccccc1N1CCN(C(=O)c2cccc(S(=O)(=O)N3CCCCCC3)c2)CC1. The second-order valence-electron chi connectivity index (χ2n) is 8.30. The smallest absolute Gasteiger partial charge is 0.254 e. The first-order valence-corrected chi connectivity index (χ1v) is 12.7. The highest BCUT2D eigenvalue weighted by atomic mass is 32.2. The summed E-state index contributed by atoms with van der Waals surface area (Å²) in [6.45, 7) is 3.62. The highest BCUT2D eigenvalue weighted by molar-refractivity contribution is 7.89. The topological polar surface area (TPSA) is 70.2 Å². The Bertz CT molecular complexity index is 1040. The van der Waals surface area contributed by atoms with Crippen molar-refractivity contribution in [3.05, 3.63) is 54.1 Å². The van der Waals surface area contributed by atoms with Crippen LogP contribution in [0.3, 0.4) is 0 Å². The molecule has 0 N–H and O–H groups in total. The van der Waals surface area contributed by atoms with Crippen LogP contribution in [-0.4, -0.2) is 69.9 Å². The van der Waals surface area contributed by atoms with Gasteiger partial charge < -0.3 is 14.5 Å². The Labute approximate surface area is 190 Å². The minimum atomic E-state index is -3.58. The Morgan fingerprint density at radius 1 is 0.844 bits per heavy atom. The van der Waals surface area contributed by atoms with E-state index in [9.17, 15) is 13.2 Å². The van der Waals surface area contributed by atoms with Crippen LogP contribution in [0.1, 0.15) is 36.0 Å². The summed E-state index contributed by atoms with van der Waals surface area (Å²) < 4.78 is 33.3. The number of carbonyl (C=O) groups excluding carboxylic acids is 1. The fourth-order valence-corrected chi connectivity index (χ4v) is 6.01. The van der Waals surface area contributed by atoms with Crippen molar-refractivity contribution in [3.8, 4) is 5.75 Å². The maximum Gasteiger partial charge on any atom is 0.254 e. The monoisotopic (exact) mass is 457 g/mol. The third kappa shape index (κ3) is 4.76. The van der Waals surface area contributed by atoms with Crippen LogP contribution < -0.4 is 9.64 Å². The summed E-state index contributed by atoms with van der Waals surface area (Å²) in [7, 11) is -1.93. The molecule has 8 heteroatoms. The van der Waals surface area contributed by atoms with Gasteiger partial charge in [0, 0.05) is 44.8 Å². The number of nitrogens with zero attached hydrogens (tertiary/aromatic N) is 3. The molecule has 7 nitrogen and oxygen atoms in total. The first kappa shape index (κ1) is 22.6. The van der Waals surface area contributed by atoms with Crippen LogP contribution in [0.5, 0.6) is 5.75 Å². The predicted molar refractivity (Wildman–Crippen MR) is 125 cm³/mol. The van der Waals surface area contributed by atoms with Crippen molar-refractivity contribution >= 4 is 21.6 Å². The molecule has 0 aliphatic carbocycles. The second kappa shape index (κ2) is 9.92. The molecule has 32 heavy (non-hydrogen) atoms. The third-order valence-electron chi connectivity index (χ3n) is 6.28. The lowest BCUT2D eigenvalue weighted by molar-refractivity contribution is 0.0746. The fourth-order valence-electron chi connectivity index (χ4n) is 4.44. The highest BCUT2D eigenvalue weighted by Crippen LogP contribution is 2.29. The maximum absolute atomic E-state index is 13.2. The van der Waals surface area contributed by atoms with E-state index in [0.29, 0.717) is 44.8 Å². The van der Waals surface area contributed by atoms with Gasteiger partial charge >= 0.3 is 0 Å². The van der Waals surface area contributed by atoms with Crippen LogP contribution in [0.2, 0.25) is 0 Å². The molecule has 2 fully saturated rings. The molecule has 2 heterocycles. The Morgan fingerprint density at radius 3 is 2.22 bits per heavy atom. The van der Waals surface area contributed by atoms with Crippen LogP contribution >= 0.6 is 0 Å². The summed E-state index contributed by atoms with van der Waals surface area (Å²) in [6, 6.07) is 14.4. The lowest BCUT2D eigenvalue weighted by atomic mass is 10.1. The Morgan fingerprint density at radius 2 is 1.53 bits per heavy atom. The molecule has 0 atom stereocenters. The van der Waals surface area contributed by atoms with E-state index in [2.05, 4.69) is 4.90 Å². The van der Waals surface area contributed by atoms with Gasteiger partial charge in [0.05, 0.1) is 17.7 Å². The van der Waals surface area contributed by atoms with Crippen molar-refractivity contribution in [2.45, 2.75) is 30.6 Å². The van der Waals surface area contributed by atoms with Gasteiger partial charge in [-0.25, -0.2) is 8.42 Å². The van der Waals surface area contributed by atoms with E-state index in [1.807, 2.05) is 24.3 Å². The van der Waals surface area contributed by atoms with Gasteiger partial charge in [0.25, 0.3) is 5.91 Å². The first-order chi connectivity index (χ1) is 15.5. The Hall–Kier alpha value is -2.58. The summed E-state index contributed by atoms with van der Waals surface area (Å²) >= 11 is 0. The highest BCUT2D eigenvalue weighted by Gasteiger charge is 2.28. The molecule has 0 spiro atoms. The molecule has 2 saturated heterocycles. The van der Waals surface area contributed by atoms with Crippen molar-refractivity contribution in [3.63, 3.8) is 0 Å². The van der Waals surface area contributed by atoms with Crippen molar-refractivity contribution < 1.29 is 17.9 Å². The fraction of sp³-hybridized carbons (Fsp3) is 0.458. The van der Waals surface area contributed by atoms with Gasteiger partial charge in [-0.15, -0.1) is 0 Å². The summed E-state index contributed by atoms with van der Waals surface area (Å²) in [5, 5.41) is 0. The van der Waals surface area contributed by atoms with E-state index in [0.717, 1.165) is 37.1 Å². The standard InChI is InChI=1S/C24H31N3O4S/c1-31-23-12-5-4-11-22(23)25-15-17-26(18-16-25)24(28)20-9-8-10-21(19-20)32(29,30)27-13-6-2-3-7-14-27/h4-5,8-12,19H,2-3,6-7,13-18H2,1H3. The molecule has 0 unspecified atom stereocenters. The van der Waals surface area contributed by atoms with Crippen molar-refractivity contribution in [1.82, 2.24) is 9.21 Å². The van der Waals surface area contributed by atoms with Crippen LogP contribution in [0, 0.1) is 0 Å². The summed E-state index contributed by atoms with van der Waals surface area (Å²) in [5.41, 5.74) is 1.44. The zero-order chi connectivity index (χ0) is 22.6. The molecule has 0 aromatic heterocycles. The van der Waals surface area contributed by atoms with Gasteiger partial charge in [0.1, 0.15) is 5.75 Å². The number of piperazine rings is 1. The average Bonchev–Trinajstić information content (AvgIpc) is 3.14. The molecule has 0 bridgehead atoms. The number of sulfonamides is 1. The number of hydrogen-bond acceptors (Lipinski definition) is 5. The van der Waals surface area contributed by atoms with Gasteiger partial charge in [-0.05, 0) is 43.2 Å². The number of rotatable bonds is 5. The molecule has 2 aliphatic heterocycles. The number of methoxy groups -OCH3 is 1. The van der Waals surface area contributed by atoms with Crippen LogP contribution in [0.15, 0.2) is 53.4 Å². The largest absolute Gasteiger partial charge is 0.495 e. The molecule has 4 rings (SSSR count). The number of carbonyl (C=O) groups is 1. The molecule has 1 amide bonds. The lowest BCUT2D eigenvalue weighted by Crippen LogP contribution is -2.48. The molecule has 172 valence electrons. The number of amides is 1. The number of benzene rings is 2. The first-order valence-electron chi connectivity index (χ1n) is 11.3. The normalized spacial score (nSPS) is 18.3. The minimum Gasteiger partial charge on any atom is -0.495 e. The number of ether oxygens (including phenoxy) is 1. The van der Waals surface area contributed by atoms with Crippen LogP contribution in [0.4, 0.5) is 5.69 Å². The minimum absolute atomic E-state index is 0.127. The molecule has 0 saturated carbocycles. The summed E-state index contributed by atoms with van der Waals surface area (Å²) in [6.07, 6.45) is 3.89. The maximum atomic E-state index is 13.2. The molecular weight excluding hydrogens is 426 g/mol. The number of para-hydroxylation sites is 2. The van der Waals surface area contributed by atoms with E-state index in [4.69, 9.17) is 4.74 Å². The quantitative estimate of drug-likeness (QED) is 0.690. The summed E-state index contributed by atoms with van der Waals surface area (Å²) in [4.78, 5) is 17.4. The third-order valence-corrected chi connectivity index (χ3v) is 8.17. The van der Waals surface area contributed by atoms with Crippen molar-refractivity contribution in [2.24, 2.45) is 0 Å². The predicted octanol–water partition coefficient (Wildman–Crippen LogP) is 3.22. The van der Waals surface area contributed by atoms with E-state index in [1.165, 1.54) is 6.07 Å². The molecule has 2 aromatic carbocycles. The van der Waals surface area contributed by atoms with Crippen molar-refractivity contribution in [1.29, 1.82) is 0 Å². The molecular formula is C24H31N3O4S. The van der Waals surface area contributed by atoms with Gasteiger partial charge in [-0.2, -0.15) is 4.31 Å². The van der Waals surface area contributed by atoms with E-state index in [-0.39, 0.29) is 10.8 Å². The summed E-state index contributed by atoms with van der Waals surface area (Å²) in [5.74, 6) is 0.691. The van der Waals surface area contributed by atoms with Crippen LogP contribution in [-0.2, 0) is 10.0 Å². The van der Waals surface area contributed by atoms with Crippen LogP contribution in [0.25, 0.3) is 0 Å². The molecule has 2 aromatic rings. The second-order valence-corrected chi connectivity index (χ2v) is 10.2. The molecule has 2 aliphatic rings.